The number of benzene rings is 1. The molecule has 1 rings (SSSR count). The number of nitro benzene ring substituents is 1. The van der Waals surface area contributed by atoms with Gasteiger partial charge in [0.25, 0.3) is 5.69 Å². The number of hydrogen-bond acceptors (Lipinski definition) is 5. The molecule has 0 saturated heterocycles. The molecule has 0 radical (unpaired) electrons. The lowest BCUT2D eigenvalue weighted by atomic mass is 10.1. The first-order valence-electron chi connectivity index (χ1n) is 6.57. The fourth-order valence-corrected chi connectivity index (χ4v) is 1.98. The third-order valence-electron chi connectivity index (χ3n) is 2.85. The highest BCUT2D eigenvalue weighted by Gasteiger charge is 2.15. The lowest BCUT2D eigenvalue weighted by Crippen LogP contribution is -2.28. The number of hydrogen-bond donors (Lipinski definition) is 1. The van der Waals surface area contributed by atoms with Crippen LogP contribution in [-0.2, 0) is 0 Å². The lowest BCUT2D eigenvalue weighted by Gasteiger charge is -2.26. The molecule has 20 heavy (non-hydrogen) atoms. The minimum Gasteiger partial charge on any atom is -0.388 e. The van der Waals surface area contributed by atoms with Crippen molar-refractivity contribution in [3.63, 3.8) is 0 Å². The lowest BCUT2D eigenvalue weighted by molar-refractivity contribution is -0.384. The van der Waals surface area contributed by atoms with Gasteiger partial charge in [0.05, 0.1) is 17.4 Å². The smallest absolute Gasteiger partial charge is 0.273 e. The van der Waals surface area contributed by atoms with Gasteiger partial charge >= 0.3 is 0 Å². The number of non-ortho nitro benzene ring substituents is 1. The molecule has 1 N–H and O–H groups in total. The Hall–Kier alpha value is -2.29. The largest absolute Gasteiger partial charge is 0.388 e. The molecule has 0 spiro atoms. The highest BCUT2D eigenvalue weighted by Crippen LogP contribution is 2.27. The number of nitriles is 1. The number of nitrogens with one attached hydrogen (secondary N) is 1. The first kappa shape index (κ1) is 15.8. The Morgan fingerprint density at radius 2 is 2.15 bits per heavy atom. The van der Waals surface area contributed by atoms with Crippen molar-refractivity contribution in [1.82, 2.24) is 0 Å². The fourth-order valence-electron chi connectivity index (χ4n) is 1.98. The molecule has 0 unspecified atom stereocenters. The zero-order valence-electron chi connectivity index (χ0n) is 12.1. The SMILES string of the molecule is CNc1cc(N(CCC#N)CC(C)C)cc([N+](=O)[O-])c1. The van der Waals surface area contributed by atoms with Crippen LogP contribution in [-0.4, -0.2) is 25.1 Å². The quantitative estimate of drug-likeness (QED) is 0.611. The molecule has 0 amide bonds. The molecular formula is C14H20N4O2. The van der Waals surface area contributed by atoms with E-state index in [2.05, 4.69) is 25.2 Å². The van der Waals surface area contributed by atoms with E-state index < -0.39 is 4.92 Å². The molecule has 6 nitrogen and oxygen atoms in total. The molecule has 1 aromatic rings. The molecule has 0 saturated carbocycles. The van der Waals surface area contributed by atoms with E-state index in [4.69, 9.17) is 5.26 Å². The maximum Gasteiger partial charge on any atom is 0.273 e. The average molecular weight is 276 g/mol. The van der Waals surface area contributed by atoms with Crippen LogP contribution in [0.1, 0.15) is 20.3 Å². The first-order chi connectivity index (χ1) is 9.47. The second-order valence-corrected chi connectivity index (χ2v) is 4.99. The summed E-state index contributed by atoms with van der Waals surface area (Å²) in [6.07, 6.45) is 0.393. The highest BCUT2D eigenvalue weighted by molar-refractivity contribution is 5.64. The van der Waals surface area contributed by atoms with E-state index in [-0.39, 0.29) is 5.69 Å². The van der Waals surface area contributed by atoms with Gasteiger partial charge in [-0.2, -0.15) is 5.26 Å². The van der Waals surface area contributed by atoms with Crippen LogP contribution in [0.3, 0.4) is 0 Å². The van der Waals surface area contributed by atoms with E-state index in [0.717, 1.165) is 12.2 Å². The second kappa shape index (κ2) is 7.34. The van der Waals surface area contributed by atoms with Crippen LogP contribution in [0.5, 0.6) is 0 Å². The second-order valence-electron chi connectivity index (χ2n) is 4.99. The molecule has 108 valence electrons. The van der Waals surface area contributed by atoms with E-state index in [1.807, 2.05) is 11.0 Å². The van der Waals surface area contributed by atoms with Gasteiger partial charge in [0.15, 0.2) is 0 Å². The van der Waals surface area contributed by atoms with Gasteiger partial charge in [-0.05, 0) is 12.0 Å². The van der Waals surface area contributed by atoms with E-state index >= 15 is 0 Å². The summed E-state index contributed by atoms with van der Waals surface area (Å²) in [5, 5.41) is 22.7. The standard InChI is InChI=1S/C14H20N4O2/c1-11(2)10-17(6-4-5-15)13-7-12(16-3)8-14(9-13)18(19)20/h7-9,11,16H,4,6,10H2,1-3H3. The Labute approximate surface area is 119 Å². The summed E-state index contributed by atoms with van der Waals surface area (Å²) in [6.45, 7) is 5.48. The van der Waals surface area contributed by atoms with Crippen LogP contribution in [0.15, 0.2) is 18.2 Å². The number of rotatable bonds is 7. The Bertz CT molecular complexity index is 508. The maximum absolute atomic E-state index is 11.0. The summed E-state index contributed by atoms with van der Waals surface area (Å²) in [5.74, 6) is 0.408. The van der Waals surface area contributed by atoms with Crippen molar-refractivity contribution in [3.05, 3.63) is 28.3 Å². The maximum atomic E-state index is 11.0. The van der Waals surface area contributed by atoms with Crippen LogP contribution in [0.2, 0.25) is 0 Å². The van der Waals surface area contributed by atoms with Crippen molar-refractivity contribution in [2.75, 3.05) is 30.4 Å². The van der Waals surface area contributed by atoms with Gasteiger partial charge < -0.3 is 10.2 Å². The van der Waals surface area contributed by atoms with Crippen LogP contribution in [0.4, 0.5) is 17.1 Å². The number of nitro groups is 1. The summed E-state index contributed by atoms with van der Waals surface area (Å²) in [6, 6.07) is 7.04. The molecule has 0 heterocycles. The molecule has 0 bridgehead atoms. The van der Waals surface area contributed by atoms with E-state index in [0.29, 0.717) is 24.6 Å². The topological polar surface area (TPSA) is 82.2 Å². The predicted octanol–water partition coefficient (Wildman–Crippen LogP) is 3.01. The molecule has 0 aromatic heterocycles. The molecule has 0 aliphatic heterocycles. The van der Waals surface area contributed by atoms with E-state index in [1.54, 1.807) is 13.1 Å². The fraction of sp³-hybridized carbons (Fsp3) is 0.500. The minimum absolute atomic E-state index is 0.0533. The van der Waals surface area contributed by atoms with Crippen molar-refractivity contribution >= 4 is 17.1 Å². The predicted molar refractivity (Wildman–Crippen MR) is 79.9 cm³/mol. The number of anilines is 2. The summed E-state index contributed by atoms with van der Waals surface area (Å²) in [4.78, 5) is 12.6. The van der Waals surface area contributed by atoms with Crippen LogP contribution < -0.4 is 10.2 Å². The third-order valence-corrected chi connectivity index (χ3v) is 2.85. The highest BCUT2D eigenvalue weighted by atomic mass is 16.6. The zero-order valence-corrected chi connectivity index (χ0v) is 12.1. The van der Waals surface area contributed by atoms with Gasteiger partial charge in [-0.3, -0.25) is 10.1 Å². The summed E-state index contributed by atoms with van der Waals surface area (Å²) in [7, 11) is 1.73. The summed E-state index contributed by atoms with van der Waals surface area (Å²) < 4.78 is 0. The molecule has 0 aliphatic carbocycles. The molecule has 0 aliphatic rings. The van der Waals surface area contributed by atoms with Gasteiger partial charge in [-0.1, -0.05) is 13.8 Å². The Morgan fingerprint density at radius 3 is 2.65 bits per heavy atom. The average Bonchev–Trinajstić information content (AvgIpc) is 2.42. The van der Waals surface area contributed by atoms with Crippen LogP contribution in [0.25, 0.3) is 0 Å². The Morgan fingerprint density at radius 1 is 1.45 bits per heavy atom. The van der Waals surface area contributed by atoms with Gasteiger partial charge in [0.2, 0.25) is 0 Å². The third kappa shape index (κ3) is 4.43. The van der Waals surface area contributed by atoms with Crippen molar-refractivity contribution in [2.24, 2.45) is 5.92 Å². The van der Waals surface area contributed by atoms with Crippen LogP contribution >= 0.6 is 0 Å². The van der Waals surface area contributed by atoms with Crippen molar-refractivity contribution in [1.29, 1.82) is 5.26 Å². The summed E-state index contributed by atoms with van der Waals surface area (Å²) in [5.41, 5.74) is 1.52. The normalized spacial score (nSPS) is 10.2. The number of nitrogens with zero attached hydrogens (tertiary/aromatic N) is 3. The summed E-state index contributed by atoms with van der Waals surface area (Å²) >= 11 is 0. The van der Waals surface area contributed by atoms with Crippen LogP contribution in [0, 0.1) is 27.4 Å². The molecule has 0 atom stereocenters. The zero-order chi connectivity index (χ0) is 15.1. The first-order valence-corrected chi connectivity index (χ1v) is 6.57. The minimum atomic E-state index is -0.401. The monoisotopic (exact) mass is 276 g/mol. The molecule has 1 aromatic carbocycles. The molecule has 6 heteroatoms. The van der Waals surface area contributed by atoms with Gasteiger partial charge in [-0.15, -0.1) is 0 Å². The van der Waals surface area contributed by atoms with E-state index in [9.17, 15) is 10.1 Å². The molecule has 0 fully saturated rings. The molecular weight excluding hydrogens is 256 g/mol. The van der Waals surface area contributed by atoms with Gasteiger partial charge in [0.1, 0.15) is 0 Å². The van der Waals surface area contributed by atoms with Crippen molar-refractivity contribution in [3.8, 4) is 6.07 Å². The van der Waals surface area contributed by atoms with E-state index in [1.165, 1.54) is 6.07 Å². The van der Waals surface area contributed by atoms with Crippen molar-refractivity contribution < 1.29 is 4.92 Å². The van der Waals surface area contributed by atoms with Gasteiger partial charge in [0, 0.05) is 43.6 Å². The Balaban J connectivity index is 3.13. The Kier molecular flexibility index (Phi) is 5.78. The van der Waals surface area contributed by atoms with Gasteiger partial charge in [-0.25, -0.2) is 0 Å². The van der Waals surface area contributed by atoms with Crippen molar-refractivity contribution in [2.45, 2.75) is 20.3 Å².